The fourth-order valence-corrected chi connectivity index (χ4v) is 4.10. The Hall–Kier alpha value is -3.59. The Labute approximate surface area is 156 Å². The number of pyridine rings is 1. The molecule has 0 fully saturated rings. The standard InChI is InChI=1S/C24H16N2O/c1-2-8-18-16(5-1)13-20-19-14-17(10-11-21(19)26-24(18)20)27-22-9-3-6-15-7-4-12-25-23(15)22/h1-12,14,26H,13H2. The maximum atomic E-state index is 6.23. The Kier molecular flexibility index (Phi) is 2.94. The molecule has 6 rings (SSSR count). The zero-order valence-corrected chi connectivity index (χ0v) is 14.6. The Balaban J connectivity index is 1.46. The number of ether oxygens (including phenoxy) is 1. The molecule has 128 valence electrons. The Morgan fingerprint density at radius 1 is 0.889 bits per heavy atom. The van der Waals surface area contributed by atoms with Crippen LogP contribution in [-0.4, -0.2) is 9.97 Å². The van der Waals surface area contributed by atoms with Crippen LogP contribution in [0.1, 0.15) is 11.1 Å². The summed E-state index contributed by atoms with van der Waals surface area (Å²) in [5.41, 5.74) is 7.32. The van der Waals surface area contributed by atoms with Crippen molar-refractivity contribution in [2.45, 2.75) is 6.42 Å². The number of aromatic nitrogens is 2. The van der Waals surface area contributed by atoms with Gasteiger partial charge in [0.15, 0.2) is 5.75 Å². The lowest BCUT2D eigenvalue weighted by molar-refractivity contribution is 0.488. The molecule has 0 radical (unpaired) electrons. The first-order valence-electron chi connectivity index (χ1n) is 9.11. The van der Waals surface area contributed by atoms with Gasteiger partial charge in [0.2, 0.25) is 0 Å². The van der Waals surface area contributed by atoms with E-state index in [1.165, 1.54) is 27.8 Å². The second-order valence-corrected chi connectivity index (χ2v) is 6.95. The smallest absolute Gasteiger partial charge is 0.153 e. The zero-order chi connectivity index (χ0) is 17.8. The van der Waals surface area contributed by atoms with Crippen molar-refractivity contribution in [2.24, 2.45) is 0 Å². The molecule has 0 bridgehead atoms. The second kappa shape index (κ2) is 5.45. The summed E-state index contributed by atoms with van der Waals surface area (Å²) >= 11 is 0. The maximum absolute atomic E-state index is 6.23. The highest BCUT2D eigenvalue weighted by molar-refractivity contribution is 5.95. The molecule has 0 amide bonds. The monoisotopic (exact) mass is 348 g/mol. The first-order chi connectivity index (χ1) is 13.4. The van der Waals surface area contributed by atoms with Crippen LogP contribution < -0.4 is 4.74 Å². The average molecular weight is 348 g/mol. The minimum absolute atomic E-state index is 0.780. The van der Waals surface area contributed by atoms with E-state index in [0.29, 0.717) is 0 Å². The van der Waals surface area contributed by atoms with Gasteiger partial charge in [0.05, 0.1) is 5.69 Å². The van der Waals surface area contributed by atoms with Crippen molar-refractivity contribution in [3.8, 4) is 22.8 Å². The first-order valence-corrected chi connectivity index (χ1v) is 9.11. The molecule has 1 N–H and O–H groups in total. The SMILES string of the molecule is c1ccc2c(c1)Cc1c-2[nH]c2ccc(Oc3cccc4cccnc34)cc12. The van der Waals surface area contributed by atoms with Crippen molar-refractivity contribution < 1.29 is 4.74 Å². The molecule has 0 aliphatic heterocycles. The van der Waals surface area contributed by atoms with Crippen molar-refractivity contribution in [1.29, 1.82) is 0 Å². The molecule has 2 aromatic heterocycles. The summed E-state index contributed by atoms with van der Waals surface area (Å²) in [4.78, 5) is 8.07. The molecule has 1 aliphatic carbocycles. The number of benzene rings is 3. The highest BCUT2D eigenvalue weighted by atomic mass is 16.5. The molecule has 0 spiro atoms. The summed E-state index contributed by atoms with van der Waals surface area (Å²) in [6.45, 7) is 0. The summed E-state index contributed by atoms with van der Waals surface area (Å²) in [5, 5.41) is 2.31. The molecule has 27 heavy (non-hydrogen) atoms. The number of aromatic amines is 1. The van der Waals surface area contributed by atoms with Gasteiger partial charge in [0, 0.05) is 34.5 Å². The number of fused-ring (bicyclic) bond motifs is 6. The fraction of sp³-hybridized carbons (Fsp3) is 0.0417. The second-order valence-electron chi connectivity index (χ2n) is 6.95. The Bertz CT molecular complexity index is 1330. The van der Waals surface area contributed by atoms with Crippen LogP contribution in [0.15, 0.2) is 79.0 Å². The van der Waals surface area contributed by atoms with Crippen LogP contribution in [0.4, 0.5) is 0 Å². The van der Waals surface area contributed by atoms with Gasteiger partial charge in [-0.05, 0) is 41.5 Å². The molecule has 0 atom stereocenters. The van der Waals surface area contributed by atoms with Gasteiger partial charge in [-0.25, -0.2) is 0 Å². The molecule has 2 heterocycles. The van der Waals surface area contributed by atoms with Crippen molar-refractivity contribution in [1.82, 2.24) is 9.97 Å². The third-order valence-electron chi connectivity index (χ3n) is 5.36. The van der Waals surface area contributed by atoms with Crippen LogP contribution in [0.5, 0.6) is 11.5 Å². The van der Waals surface area contributed by atoms with Gasteiger partial charge in [-0.3, -0.25) is 4.98 Å². The van der Waals surface area contributed by atoms with Gasteiger partial charge in [-0.15, -0.1) is 0 Å². The highest BCUT2D eigenvalue weighted by Gasteiger charge is 2.22. The van der Waals surface area contributed by atoms with Crippen molar-refractivity contribution >= 4 is 21.8 Å². The van der Waals surface area contributed by atoms with E-state index in [1.807, 2.05) is 24.3 Å². The fourth-order valence-electron chi connectivity index (χ4n) is 4.10. The van der Waals surface area contributed by atoms with Crippen LogP contribution in [0, 0.1) is 0 Å². The topological polar surface area (TPSA) is 37.9 Å². The average Bonchev–Trinajstić information content (AvgIpc) is 3.24. The predicted octanol–water partition coefficient (Wildman–Crippen LogP) is 6.08. The van der Waals surface area contributed by atoms with E-state index in [2.05, 4.69) is 58.5 Å². The lowest BCUT2D eigenvalue weighted by atomic mass is 10.1. The van der Waals surface area contributed by atoms with Gasteiger partial charge in [-0.1, -0.05) is 42.5 Å². The molecule has 3 nitrogen and oxygen atoms in total. The molecule has 0 saturated heterocycles. The molecule has 0 saturated carbocycles. The third-order valence-corrected chi connectivity index (χ3v) is 5.36. The van der Waals surface area contributed by atoms with E-state index in [1.54, 1.807) is 6.20 Å². The molecule has 5 aromatic rings. The van der Waals surface area contributed by atoms with Crippen molar-refractivity contribution in [3.05, 3.63) is 90.1 Å². The summed E-state index contributed by atoms with van der Waals surface area (Å²) in [6, 6.07) is 24.9. The molecule has 1 aliphatic rings. The largest absolute Gasteiger partial charge is 0.455 e. The number of H-pyrrole nitrogens is 1. The normalized spacial score (nSPS) is 12.3. The van der Waals surface area contributed by atoms with Crippen LogP contribution in [-0.2, 0) is 6.42 Å². The van der Waals surface area contributed by atoms with E-state index in [9.17, 15) is 0 Å². The number of nitrogens with one attached hydrogen (secondary N) is 1. The minimum atomic E-state index is 0.780. The maximum Gasteiger partial charge on any atom is 0.153 e. The Morgan fingerprint density at radius 3 is 2.81 bits per heavy atom. The van der Waals surface area contributed by atoms with E-state index < -0.39 is 0 Å². The number of rotatable bonds is 2. The molecule has 3 aromatic carbocycles. The molecule has 3 heteroatoms. The molecular formula is C24H16N2O. The Morgan fingerprint density at radius 2 is 1.81 bits per heavy atom. The summed E-state index contributed by atoms with van der Waals surface area (Å²) in [6.07, 6.45) is 2.76. The minimum Gasteiger partial charge on any atom is -0.455 e. The predicted molar refractivity (Wildman–Crippen MR) is 108 cm³/mol. The van der Waals surface area contributed by atoms with Crippen LogP contribution in [0.3, 0.4) is 0 Å². The quantitative estimate of drug-likeness (QED) is 0.412. The van der Waals surface area contributed by atoms with Gasteiger partial charge >= 0.3 is 0 Å². The first kappa shape index (κ1) is 14.6. The van der Waals surface area contributed by atoms with Crippen LogP contribution in [0.25, 0.3) is 33.1 Å². The van der Waals surface area contributed by atoms with Crippen molar-refractivity contribution in [3.63, 3.8) is 0 Å². The lowest BCUT2D eigenvalue weighted by Crippen LogP contribution is -1.88. The third kappa shape index (κ3) is 2.18. The van der Waals surface area contributed by atoms with Gasteiger partial charge in [0.1, 0.15) is 11.3 Å². The number of hydrogen-bond donors (Lipinski definition) is 1. The van der Waals surface area contributed by atoms with Gasteiger partial charge in [-0.2, -0.15) is 0 Å². The van der Waals surface area contributed by atoms with Crippen LogP contribution in [0.2, 0.25) is 0 Å². The summed E-state index contributed by atoms with van der Waals surface area (Å²) < 4.78 is 6.23. The molecular weight excluding hydrogens is 332 g/mol. The number of para-hydroxylation sites is 1. The molecule has 0 unspecified atom stereocenters. The van der Waals surface area contributed by atoms with Gasteiger partial charge < -0.3 is 9.72 Å². The highest BCUT2D eigenvalue weighted by Crippen LogP contribution is 2.41. The summed E-state index contributed by atoms with van der Waals surface area (Å²) in [5.74, 6) is 1.61. The lowest BCUT2D eigenvalue weighted by Gasteiger charge is -2.08. The number of hydrogen-bond acceptors (Lipinski definition) is 2. The van der Waals surface area contributed by atoms with E-state index in [0.717, 1.165) is 34.3 Å². The van der Waals surface area contributed by atoms with E-state index >= 15 is 0 Å². The van der Waals surface area contributed by atoms with Crippen molar-refractivity contribution in [2.75, 3.05) is 0 Å². The zero-order valence-electron chi connectivity index (χ0n) is 14.6. The summed E-state index contributed by atoms with van der Waals surface area (Å²) in [7, 11) is 0. The number of nitrogens with zero attached hydrogens (tertiary/aromatic N) is 1. The van der Waals surface area contributed by atoms with E-state index in [4.69, 9.17) is 4.74 Å². The van der Waals surface area contributed by atoms with Crippen LogP contribution >= 0.6 is 0 Å². The van der Waals surface area contributed by atoms with Gasteiger partial charge in [0.25, 0.3) is 0 Å². The van der Waals surface area contributed by atoms with E-state index in [-0.39, 0.29) is 0 Å².